The van der Waals surface area contributed by atoms with Crippen molar-refractivity contribution in [3.05, 3.63) is 29.3 Å². The molecule has 0 fully saturated rings. The average Bonchev–Trinajstić information content (AvgIpc) is 2.52. The van der Waals surface area contributed by atoms with E-state index in [2.05, 4.69) is 17.4 Å². The van der Waals surface area contributed by atoms with Gasteiger partial charge in [-0.05, 0) is 56.4 Å². The number of benzene rings is 1. The Kier molecular flexibility index (Phi) is 5.62. The maximum absolute atomic E-state index is 11.9. The third-order valence-corrected chi connectivity index (χ3v) is 4.10. The number of hydrogen-bond acceptors (Lipinski definition) is 3. The van der Waals surface area contributed by atoms with Crippen LogP contribution in [0.15, 0.2) is 18.2 Å². The second-order valence-corrected chi connectivity index (χ2v) is 5.50. The molecule has 0 saturated carbocycles. The third kappa shape index (κ3) is 3.97. The summed E-state index contributed by atoms with van der Waals surface area (Å²) in [5, 5.41) is 3.01. The fraction of sp³-hybridized carbons (Fsp3) is 0.588. The van der Waals surface area contributed by atoms with Gasteiger partial charge in [-0.1, -0.05) is 6.07 Å². The molecule has 1 aromatic carbocycles. The van der Waals surface area contributed by atoms with E-state index in [4.69, 9.17) is 9.47 Å². The molecule has 2 atom stereocenters. The summed E-state index contributed by atoms with van der Waals surface area (Å²) < 4.78 is 10.6. The minimum absolute atomic E-state index is 0.0301. The minimum atomic E-state index is -0.381. The van der Waals surface area contributed by atoms with Gasteiger partial charge in [-0.25, -0.2) is 0 Å². The van der Waals surface area contributed by atoms with Gasteiger partial charge in [-0.2, -0.15) is 0 Å². The number of aryl methyl sites for hydroxylation is 1. The summed E-state index contributed by atoms with van der Waals surface area (Å²) in [6.45, 7) is 4.92. The normalized spacial score (nSPS) is 18.7. The summed E-state index contributed by atoms with van der Waals surface area (Å²) in [5.41, 5.74) is 2.68. The van der Waals surface area contributed by atoms with Gasteiger partial charge in [0, 0.05) is 19.1 Å². The van der Waals surface area contributed by atoms with Crippen molar-refractivity contribution in [1.82, 2.24) is 5.32 Å². The van der Waals surface area contributed by atoms with Gasteiger partial charge in [0.15, 0.2) is 0 Å². The maximum atomic E-state index is 11.9. The second kappa shape index (κ2) is 7.46. The molecule has 4 nitrogen and oxygen atoms in total. The first-order valence-corrected chi connectivity index (χ1v) is 7.71. The predicted octanol–water partition coefficient (Wildman–Crippen LogP) is 2.66. The van der Waals surface area contributed by atoms with Crippen molar-refractivity contribution in [3.63, 3.8) is 0 Å². The van der Waals surface area contributed by atoms with E-state index in [0.29, 0.717) is 19.1 Å². The first-order chi connectivity index (χ1) is 10.2. The zero-order valence-electron chi connectivity index (χ0n) is 13.1. The van der Waals surface area contributed by atoms with Gasteiger partial charge in [0.05, 0.1) is 7.11 Å². The van der Waals surface area contributed by atoms with Crippen molar-refractivity contribution in [2.45, 2.75) is 45.1 Å². The lowest BCUT2D eigenvalue weighted by molar-refractivity contribution is -0.131. The molecule has 4 heteroatoms. The van der Waals surface area contributed by atoms with E-state index in [0.717, 1.165) is 25.0 Å². The van der Waals surface area contributed by atoms with Crippen LogP contribution in [0, 0.1) is 0 Å². The van der Waals surface area contributed by atoms with E-state index in [-0.39, 0.29) is 12.0 Å². The van der Waals surface area contributed by atoms with Gasteiger partial charge >= 0.3 is 0 Å². The zero-order valence-corrected chi connectivity index (χ0v) is 13.1. The topological polar surface area (TPSA) is 47.6 Å². The number of nitrogens with one attached hydrogen (secondary N) is 1. The molecule has 1 aliphatic carbocycles. The molecule has 0 saturated heterocycles. The number of amides is 1. The van der Waals surface area contributed by atoms with Crippen LogP contribution in [0.5, 0.6) is 5.75 Å². The standard InChI is InChI=1S/C17H25NO3/c1-4-21-12(2)17(19)18-11-14-7-5-6-13-10-15(20-3)8-9-16(13)14/h8-10,12,14H,4-7,11H2,1-3H3,(H,18,19)/t12-,14+/m0/s1. The Balaban J connectivity index is 1.98. The van der Waals surface area contributed by atoms with E-state index in [1.165, 1.54) is 11.1 Å². The quantitative estimate of drug-likeness (QED) is 0.876. The fourth-order valence-corrected chi connectivity index (χ4v) is 2.92. The smallest absolute Gasteiger partial charge is 0.248 e. The van der Waals surface area contributed by atoms with E-state index in [9.17, 15) is 4.79 Å². The van der Waals surface area contributed by atoms with E-state index < -0.39 is 0 Å². The van der Waals surface area contributed by atoms with Gasteiger partial charge in [-0.3, -0.25) is 4.79 Å². The Labute approximate surface area is 126 Å². The highest BCUT2D eigenvalue weighted by Gasteiger charge is 2.22. The van der Waals surface area contributed by atoms with Gasteiger partial charge in [0.1, 0.15) is 11.9 Å². The molecule has 1 N–H and O–H groups in total. The average molecular weight is 291 g/mol. The third-order valence-electron chi connectivity index (χ3n) is 4.10. The van der Waals surface area contributed by atoms with Crippen LogP contribution in [0.3, 0.4) is 0 Å². The largest absolute Gasteiger partial charge is 0.497 e. The summed E-state index contributed by atoms with van der Waals surface area (Å²) >= 11 is 0. The highest BCUT2D eigenvalue weighted by Crippen LogP contribution is 2.33. The van der Waals surface area contributed by atoms with E-state index in [1.807, 2.05) is 13.0 Å². The van der Waals surface area contributed by atoms with Crippen LogP contribution in [0.2, 0.25) is 0 Å². The molecule has 21 heavy (non-hydrogen) atoms. The molecule has 1 aromatic rings. The van der Waals surface area contributed by atoms with Crippen LogP contribution < -0.4 is 10.1 Å². The Bertz CT molecular complexity index is 487. The first-order valence-electron chi connectivity index (χ1n) is 7.71. The predicted molar refractivity (Wildman–Crippen MR) is 82.8 cm³/mol. The van der Waals surface area contributed by atoms with Gasteiger partial charge in [0.25, 0.3) is 0 Å². The summed E-state index contributed by atoms with van der Waals surface area (Å²) in [6.07, 6.45) is 2.98. The Morgan fingerprint density at radius 3 is 3.00 bits per heavy atom. The zero-order chi connectivity index (χ0) is 15.2. The summed E-state index contributed by atoms with van der Waals surface area (Å²) in [4.78, 5) is 11.9. The van der Waals surface area contributed by atoms with Crippen LogP contribution in [0.4, 0.5) is 0 Å². The molecule has 1 aliphatic rings. The molecule has 0 aliphatic heterocycles. The number of carbonyl (C=O) groups excluding carboxylic acids is 1. The Hall–Kier alpha value is -1.55. The first kappa shape index (κ1) is 15.8. The molecule has 0 bridgehead atoms. The fourth-order valence-electron chi connectivity index (χ4n) is 2.92. The van der Waals surface area contributed by atoms with Crippen molar-refractivity contribution < 1.29 is 14.3 Å². The monoisotopic (exact) mass is 291 g/mol. The van der Waals surface area contributed by atoms with Gasteiger partial charge in [0.2, 0.25) is 5.91 Å². The van der Waals surface area contributed by atoms with E-state index >= 15 is 0 Å². The molecular weight excluding hydrogens is 266 g/mol. The lowest BCUT2D eigenvalue weighted by Gasteiger charge is -2.26. The second-order valence-electron chi connectivity index (χ2n) is 5.50. The molecule has 0 heterocycles. The molecule has 1 amide bonds. The van der Waals surface area contributed by atoms with Crippen molar-refractivity contribution in [1.29, 1.82) is 0 Å². The number of fused-ring (bicyclic) bond motifs is 1. The van der Waals surface area contributed by atoms with Crippen LogP contribution in [-0.2, 0) is 16.0 Å². The van der Waals surface area contributed by atoms with Gasteiger partial charge < -0.3 is 14.8 Å². The molecule has 116 valence electrons. The summed E-state index contributed by atoms with van der Waals surface area (Å²) in [6, 6.07) is 6.25. The number of hydrogen-bond donors (Lipinski definition) is 1. The Morgan fingerprint density at radius 2 is 2.29 bits per heavy atom. The van der Waals surface area contributed by atoms with E-state index in [1.54, 1.807) is 14.0 Å². The van der Waals surface area contributed by atoms with Crippen molar-refractivity contribution >= 4 is 5.91 Å². The van der Waals surface area contributed by atoms with Gasteiger partial charge in [-0.15, -0.1) is 0 Å². The van der Waals surface area contributed by atoms with Crippen molar-refractivity contribution in [3.8, 4) is 5.75 Å². The number of ether oxygens (including phenoxy) is 2. The Morgan fingerprint density at radius 1 is 1.48 bits per heavy atom. The van der Waals surface area contributed by atoms with Crippen LogP contribution in [0.25, 0.3) is 0 Å². The molecule has 0 aromatic heterocycles. The van der Waals surface area contributed by atoms with Crippen molar-refractivity contribution in [2.75, 3.05) is 20.3 Å². The highest BCUT2D eigenvalue weighted by atomic mass is 16.5. The minimum Gasteiger partial charge on any atom is -0.497 e. The molecule has 2 rings (SSSR count). The molecule has 0 radical (unpaired) electrons. The molecule has 0 unspecified atom stereocenters. The van der Waals surface area contributed by atoms with Crippen molar-refractivity contribution in [2.24, 2.45) is 0 Å². The highest BCUT2D eigenvalue weighted by molar-refractivity contribution is 5.80. The number of methoxy groups -OCH3 is 1. The van der Waals surface area contributed by atoms with Crippen LogP contribution >= 0.6 is 0 Å². The number of carbonyl (C=O) groups is 1. The lowest BCUT2D eigenvalue weighted by atomic mass is 9.82. The summed E-state index contributed by atoms with van der Waals surface area (Å²) in [5.74, 6) is 1.26. The number of rotatable bonds is 6. The van der Waals surface area contributed by atoms with Crippen LogP contribution in [-0.4, -0.2) is 32.3 Å². The molecular formula is C17H25NO3. The van der Waals surface area contributed by atoms with Crippen LogP contribution in [0.1, 0.15) is 43.7 Å². The molecule has 0 spiro atoms. The summed E-state index contributed by atoms with van der Waals surface area (Å²) in [7, 11) is 1.69. The SMILES string of the molecule is CCO[C@@H](C)C(=O)NC[C@H]1CCCc2cc(OC)ccc21. The maximum Gasteiger partial charge on any atom is 0.248 e. The lowest BCUT2D eigenvalue weighted by Crippen LogP contribution is -2.37.